The molecule has 1 aromatic carbocycles. The Kier molecular flexibility index (Phi) is 5.69. The Hall–Kier alpha value is -2.44. The van der Waals surface area contributed by atoms with Crippen LogP contribution in [0.2, 0.25) is 0 Å². The fourth-order valence-corrected chi connectivity index (χ4v) is 4.27. The minimum absolute atomic E-state index is 0.724. The van der Waals surface area contributed by atoms with Gasteiger partial charge in [0.05, 0.1) is 25.3 Å². The number of fused-ring (bicyclic) bond motifs is 1. The fraction of sp³-hybridized carbons (Fsp3) is 0.500. The van der Waals surface area contributed by atoms with Crippen molar-refractivity contribution in [1.29, 1.82) is 0 Å². The third-order valence-electron chi connectivity index (χ3n) is 6.12. The molecular formula is C24H30N4O2. The largest absolute Gasteiger partial charge is 0.493 e. The highest BCUT2D eigenvalue weighted by molar-refractivity contribution is 5.91. The van der Waals surface area contributed by atoms with Crippen molar-refractivity contribution in [3.8, 4) is 5.75 Å². The van der Waals surface area contributed by atoms with Crippen molar-refractivity contribution < 1.29 is 9.47 Å². The second kappa shape index (κ2) is 8.74. The first-order chi connectivity index (χ1) is 14.8. The number of rotatable bonds is 8. The number of aromatic nitrogens is 3. The molecule has 0 amide bonds. The molecule has 6 nitrogen and oxygen atoms in total. The summed E-state index contributed by atoms with van der Waals surface area (Å²) < 4.78 is 14.3. The summed E-state index contributed by atoms with van der Waals surface area (Å²) in [5.41, 5.74) is 4.98. The Morgan fingerprint density at radius 1 is 1.10 bits per heavy atom. The monoisotopic (exact) mass is 406 g/mol. The van der Waals surface area contributed by atoms with Crippen molar-refractivity contribution >= 4 is 10.9 Å². The van der Waals surface area contributed by atoms with Crippen LogP contribution in [0.1, 0.15) is 36.5 Å². The van der Waals surface area contributed by atoms with Crippen molar-refractivity contribution in [2.45, 2.75) is 39.3 Å². The van der Waals surface area contributed by atoms with Crippen LogP contribution in [0.5, 0.6) is 5.75 Å². The van der Waals surface area contributed by atoms with Crippen LogP contribution in [0.25, 0.3) is 10.9 Å². The van der Waals surface area contributed by atoms with Crippen molar-refractivity contribution in [1.82, 2.24) is 19.4 Å². The van der Waals surface area contributed by atoms with Gasteiger partial charge in [-0.25, -0.2) is 9.97 Å². The molecule has 0 spiro atoms. The lowest BCUT2D eigenvalue weighted by Gasteiger charge is -2.26. The Labute approximate surface area is 177 Å². The van der Waals surface area contributed by atoms with Gasteiger partial charge < -0.3 is 14.0 Å². The second-order valence-electron chi connectivity index (χ2n) is 8.49. The molecule has 2 aliphatic rings. The van der Waals surface area contributed by atoms with Crippen molar-refractivity contribution in [2.24, 2.45) is 5.92 Å². The average molecular weight is 407 g/mol. The van der Waals surface area contributed by atoms with E-state index in [4.69, 9.17) is 9.47 Å². The van der Waals surface area contributed by atoms with E-state index < -0.39 is 0 Å². The third-order valence-corrected chi connectivity index (χ3v) is 6.12. The molecule has 0 atom stereocenters. The summed E-state index contributed by atoms with van der Waals surface area (Å²) >= 11 is 0. The van der Waals surface area contributed by atoms with Gasteiger partial charge in [-0.15, -0.1) is 0 Å². The molecule has 0 unspecified atom stereocenters. The van der Waals surface area contributed by atoms with E-state index in [0.29, 0.717) is 0 Å². The molecule has 1 saturated carbocycles. The van der Waals surface area contributed by atoms with Crippen molar-refractivity contribution in [3.63, 3.8) is 0 Å². The summed E-state index contributed by atoms with van der Waals surface area (Å²) in [6.45, 7) is 8.54. The van der Waals surface area contributed by atoms with E-state index in [1.54, 1.807) is 6.33 Å². The molecule has 6 heteroatoms. The Morgan fingerprint density at radius 3 is 2.63 bits per heavy atom. The summed E-state index contributed by atoms with van der Waals surface area (Å²) in [5.74, 6) is 1.75. The zero-order valence-electron chi connectivity index (χ0n) is 17.7. The molecule has 0 radical (unpaired) electrons. The fourth-order valence-electron chi connectivity index (χ4n) is 4.27. The molecule has 0 bridgehead atoms. The molecule has 1 aliphatic heterocycles. The maximum atomic E-state index is 6.42. The zero-order valence-corrected chi connectivity index (χ0v) is 17.7. The normalized spacial score (nSPS) is 17.5. The van der Waals surface area contributed by atoms with E-state index in [1.165, 1.54) is 34.9 Å². The molecule has 30 heavy (non-hydrogen) atoms. The maximum absolute atomic E-state index is 6.42. The van der Waals surface area contributed by atoms with Crippen LogP contribution in [0, 0.1) is 5.92 Å². The van der Waals surface area contributed by atoms with Crippen LogP contribution >= 0.6 is 0 Å². The highest BCUT2D eigenvalue weighted by atomic mass is 16.5. The minimum atomic E-state index is 0.724. The number of benzene rings is 1. The highest BCUT2D eigenvalue weighted by Gasteiger charge is 2.24. The van der Waals surface area contributed by atoms with Gasteiger partial charge >= 0.3 is 0 Å². The van der Waals surface area contributed by atoms with Gasteiger partial charge in [0.15, 0.2) is 0 Å². The van der Waals surface area contributed by atoms with Gasteiger partial charge in [-0.3, -0.25) is 4.90 Å². The molecule has 2 fully saturated rings. The summed E-state index contributed by atoms with van der Waals surface area (Å²) in [5, 5.41) is 1.28. The van der Waals surface area contributed by atoms with Crippen molar-refractivity contribution in [3.05, 3.63) is 53.7 Å². The molecule has 158 valence electrons. The highest BCUT2D eigenvalue weighted by Crippen LogP contribution is 2.36. The summed E-state index contributed by atoms with van der Waals surface area (Å²) in [6, 6.07) is 4.55. The maximum Gasteiger partial charge on any atom is 0.129 e. The van der Waals surface area contributed by atoms with Gasteiger partial charge in [-0.1, -0.05) is 0 Å². The first-order valence-corrected chi connectivity index (χ1v) is 11.1. The number of hydrogen-bond donors (Lipinski definition) is 0. The van der Waals surface area contributed by atoms with Gasteiger partial charge in [-0.2, -0.15) is 0 Å². The molecule has 3 aromatic rings. The molecule has 1 aliphatic carbocycles. The minimum Gasteiger partial charge on any atom is -0.493 e. The molecular weight excluding hydrogens is 376 g/mol. The van der Waals surface area contributed by atoms with Gasteiger partial charge in [0.2, 0.25) is 0 Å². The molecule has 5 rings (SSSR count). The van der Waals surface area contributed by atoms with Gasteiger partial charge in [0, 0.05) is 56.6 Å². The Bertz CT molecular complexity index is 991. The predicted molar refractivity (Wildman–Crippen MR) is 117 cm³/mol. The van der Waals surface area contributed by atoms with Gasteiger partial charge in [0.25, 0.3) is 0 Å². The molecule has 0 N–H and O–H groups in total. The standard InChI is InChI=1S/C24H30N4O2/c1-2-28-15-21(14-27-5-7-29-8-6-27)24-22(28)10-19(9-20-12-25-17-26-13-20)11-23(24)30-16-18-3-4-18/h10-13,15,17-18H,2-9,14,16H2,1H3. The first-order valence-electron chi connectivity index (χ1n) is 11.1. The smallest absolute Gasteiger partial charge is 0.129 e. The first kappa shape index (κ1) is 19.5. The Balaban J connectivity index is 1.53. The summed E-state index contributed by atoms with van der Waals surface area (Å²) in [4.78, 5) is 10.8. The van der Waals surface area contributed by atoms with E-state index in [9.17, 15) is 0 Å². The topological polar surface area (TPSA) is 52.4 Å². The SMILES string of the molecule is CCn1cc(CN2CCOCC2)c2c(OCC3CC3)cc(Cc3cncnc3)cc21. The lowest BCUT2D eigenvalue weighted by Crippen LogP contribution is -2.35. The van der Waals surface area contributed by atoms with Gasteiger partial charge in [-0.05, 0) is 54.5 Å². The van der Waals surface area contributed by atoms with Crippen LogP contribution in [0.15, 0.2) is 37.1 Å². The van der Waals surface area contributed by atoms with Gasteiger partial charge in [0.1, 0.15) is 12.1 Å². The number of morpholine rings is 1. The second-order valence-corrected chi connectivity index (χ2v) is 8.49. The summed E-state index contributed by atoms with van der Waals surface area (Å²) in [7, 11) is 0. The Morgan fingerprint density at radius 2 is 1.90 bits per heavy atom. The number of aryl methyl sites for hydroxylation is 1. The lowest BCUT2D eigenvalue weighted by molar-refractivity contribution is 0.0343. The predicted octanol–water partition coefficient (Wildman–Crippen LogP) is 3.66. The molecule has 3 heterocycles. The van der Waals surface area contributed by atoms with E-state index in [1.807, 2.05) is 12.4 Å². The number of ether oxygens (including phenoxy) is 2. The molecule has 1 saturated heterocycles. The summed E-state index contributed by atoms with van der Waals surface area (Å²) in [6.07, 6.45) is 11.1. The van der Waals surface area contributed by atoms with Crippen LogP contribution < -0.4 is 4.74 Å². The van der Waals surface area contributed by atoms with E-state index in [0.717, 1.165) is 69.7 Å². The van der Waals surface area contributed by atoms with Crippen LogP contribution in [0.4, 0.5) is 0 Å². The van der Waals surface area contributed by atoms with E-state index in [2.05, 4.69) is 44.7 Å². The van der Waals surface area contributed by atoms with Crippen LogP contribution in [-0.2, 0) is 24.2 Å². The van der Waals surface area contributed by atoms with Crippen LogP contribution in [0.3, 0.4) is 0 Å². The lowest BCUT2D eigenvalue weighted by atomic mass is 10.0. The molecule has 2 aromatic heterocycles. The third kappa shape index (κ3) is 4.35. The average Bonchev–Trinajstić information content (AvgIpc) is 3.55. The van der Waals surface area contributed by atoms with E-state index >= 15 is 0 Å². The quantitative estimate of drug-likeness (QED) is 0.571. The van der Waals surface area contributed by atoms with Crippen molar-refractivity contribution in [2.75, 3.05) is 32.9 Å². The number of nitrogens with zero attached hydrogens (tertiary/aromatic N) is 4. The van der Waals surface area contributed by atoms with Crippen LogP contribution in [-0.4, -0.2) is 52.3 Å². The van der Waals surface area contributed by atoms with E-state index in [-0.39, 0.29) is 0 Å². The number of hydrogen-bond acceptors (Lipinski definition) is 5. The zero-order chi connectivity index (χ0) is 20.3.